The van der Waals surface area contributed by atoms with Gasteiger partial charge in [-0.05, 0) is 39.2 Å². The summed E-state index contributed by atoms with van der Waals surface area (Å²) in [6.07, 6.45) is 3.15. The minimum Gasteiger partial charge on any atom is -0.423 e. The van der Waals surface area contributed by atoms with Crippen LogP contribution in [0, 0.1) is 5.92 Å². The predicted octanol–water partition coefficient (Wildman–Crippen LogP) is 1.60. The maximum atomic E-state index is 11.6. The molecule has 4 nitrogen and oxygen atoms in total. The lowest BCUT2D eigenvalue weighted by Crippen LogP contribution is -2.53. The van der Waals surface area contributed by atoms with Crippen molar-refractivity contribution in [3.05, 3.63) is 35.1 Å². The number of ether oxygens (including phenoxy) is 1. The SMILES string of the molecule is C=C1CC[C@]2(O)[C@H]1CC1=C(C)C(=O)OC1=C[C@@]2(C)O. The van der Waals surface area contributed by atoms with Crippen LogP contribution < -0.4 is 0 Å². The zero-order valence-corrected chi connectivity index (χ0v) is 11.2. The summed E-state index contributed by atoms with van der Waals surface area (Å²) in [6, 6.07) is 0. The second kappa shape index (κ2) is 3.58. The van der Waals surface area contributed by atoms with Crippen LogP contribution in [0.3, 0.4) is 0 Å². The van der Waals surface area contributed by atoms with Crippen molar-refractivity contribution in [2.24, 2.45) is 5.92 Å². The molecule has 3 atom stereocenters. The summed E-state index contributed by atoms with van der Waals surface area (Å²) in [5.74, 6) is -0.218. The van der Waals surface area contributed by atoms with E-state index in [2.05, 4.69) is 6.58 Å². The van der Waals surface area contributed by atoms with Crippen molar-refractivity contribution in [3.8, 4) is 0 Å². The largest absolute Gasteiger partial charge is 0.423 e. The van der Waals surface area contributed by atoms with Gasteiger partial charge in [-0.15, -0.1) is 0 Å². The van der Waals surface area contributed by atoms with Gasteiger partial charge in [-0.1, -0.05) is 12.2 Å². The van der Waals surface area contributed by atoms with Crippen LogP contribution in [0.15, 0.2) is 35.1 Å². The van der Waals surface area contributed by atoms with E-state index in [9.17, 15) is 15.0 Å². The third-order valence-corrected chi connectivity index (χ3v) is 4.85. The molecule has 0 unspecified atom stereocenters. The summed E-state index contributed by atoms with van der Waals surface area (Å²) in [5.41, 5.74) is -0.391. The molecule has 0 aromatic carbocycles. The molecule has 1 saturated carbocycles. The normalized spacial score (nSPS) is 41.7. The van der Waals surface area contributed by atoms with Gasteiger partial charge in [-0.2, -0.15) is 0 Å². The molecule has 2 N–H and O–H groups in total. The fourth-order valence-electron chi connectivity index (χ4n) is 3.46. The summed E-state index contributed by atoms with van der Waals surface area (Å²) in [4.78, 5) is 11.6. The van der Waals surface area contributed by atoms with Gasteiger partial charge in [0, 0.05) is 17.1 Å². The summed E-state index contributed by atoms with van der Waals surface area (Å²) >= 11 is 0. The highest BCUT2D eigenvalue weighted by Gasteiger charge is 2.57. The Hall–Kier alpha value is -1.39. The number of esters is 1. The van der Waals surface area contributed by atoms with Gasteiger partial charge in [0.2, 0.25) is 0 Å². The van der Waals surface area contributed by atoms with Crippen molar-refractivity contribution >= 4 is 5.97 Å². The lowest BCUT2D eigenvalue weighted by molar-refractivity contribution is -0.135. The summed E-state index contributed by atoms with van der Waals surface area (Å²) in [7, 11) is 0. The molecule has 102 valence electrons. The molecular weight excluding hydrogens is 244 g/mol. The Labute approximate surface area is 112 Å². The maximum absolute atomic E-state index is 11.6. The molecule has 19 heavy (non-hydrogen) atoms. The molecule has 1 heterocycles. The topological polar surface area (TPSA) is 66.8 Å². The molecule has 3 aliphatic rings. The predicted molar refractivity (Wildman–Crippen MR) is 68.9 cm³/mol. The number of carbonyl (C=O) groups is 1. The molecule has 0 saturated heterocycles. The molecule has 0 bridgehead atoms. The molecule has 0 radical (unpaired) electrons. The number of hydrogen-bond donors (Lipinski definition) is 2. The van der Waals surface area contributed by atoms with Crippen LogP contribution >= 0.6 is 0 Å². The number of allylic oxidation sites excluding steroid dienone is 1. The molecule has 3 rings (SSSR count). The summed E-state index contributed by atoms with van der Waals surface area (Å²) in [6.45, 7) is 7.29. The number of fused-ring (bicyclic) bond motifs is 2. The van der Waals surface area contributed by atoms with E-state index in [1.165, 1.54) is 6.08 Å². The van der Waals surface area contributed by atoms with Gasteiger partial charge in [0.1, 0.15) is 17.0 Å². The Kier molecular flexibility index (Phi) is 2.38. The molecule has 4 heteroatoms. The zero-order valence-electron chi connectivity index (χ0n) is 11.2. The first kappa shape index (κ1) is 12.6. The minimum atomic E-state index is -1.43. The van der Waals surface area contributed by atoms with Crippen molar-refractivity contribution in [2.45, 2.75) is 44.3 Å². The van der Waals surface area contributed by atoms with Crippen LogP contribution in [-0.2, 0) is 9.53 Å². The first-order chi connectivity index (χ1) is 8.76. The Morgan fingerprint density at radius 1 is 1.47 bits per heavy atom. The van der Waals surface area contributed by atoms with Crippen LogP contribution in [0.4, 0.5) is 0 Å². The van der Waals surface area contributed by atoms with Crippen LogP contribution in [0.5, 0.6) is 0 Å². The van der Waals surface area contributed by atoms with Gasteiger partial charge in [0.25, 0.3) is 0 Å². The Bertz CT molecular complexity index is 552. The Morgan fingerprint density at radius 2 is 2.16 bits per heavy atom. The smallest absolute Gasteiger partial charge is 0.339 e. The first-order valence-corrected chi connectivity index (χ1v) is 6.54. The second-order valence-corrected chi connectivity index (χ2v) is 5.99. The highest BCUT2D eigenvalue weighted by Crippen LogP contribution is 2.53. The number of hydrogen-bond acceptors (Lipinski definition) is 4. The van der Waals surface area contributed by atoms with Gasteiger partial charge in [-0.25, -0.2) is 4.79 Å². The van der Waals surface area contributed by atoms with Crippen LogP contribution in [0.1, 0.15) is 33.1 Å². The molecular formula is C15H18O4. The molecule has 2 aliphatic carbocycles. The molecule has 1 aliphatic heterocycles. The van der Waals surface area contributed by atoms with E-state index in [1.54, 1.807) is 13.8 Å². The van der Waals surface area contributed by atoms with Crippen molar-refractivity contribution in [1.29, 1.82) is 0 Å². The van der Waals surface area contributed by atoms with E-state index in [0.29, 0.717) is 30.6 Å². The van der Waals surface area contributed by atoms with Crippen molar-refractivity contribution in [1.82, 2.24) is 0 Å². The molecule has 0 spiro atoms. The van der Waals surface area contributed by atoms with E-state index in [4.69, 9.17) is 4.74 Å². The Morgan fingerprint density at radius 3 is 2.84 bits per heavy atom. The Balaban J connectivity index is 2.18. The van der Waals surface area contributed by atoms with Crippen molar-refractivity contribution in [3.63, 3.8) is 0 Å². The van der Waals surface area contributed by atoms with Gasteiger partial charge in [-0.3, -0.25) is 0 Å². The average molecular weight is 262 g/mol. The summed E-state index contributed by atoms with van der Waals surface area (Å²) in [5, 5.41) is 21.5. The van der Waals surface area contributed by atoms with Crippen molar-refractivity contribution < 1.29 is 19.7 Å². The van der Waals surface area contributed by atoms with Crippen LogP contribution in [0.25, 0.3) is 0 Å². The second-order valence-electron chi connectivity index (χ2n) is 5.99. The lowest BCUT2D eigenvalue weighted by Gasteiger charge is -2.39. The zero-order chi connectivity index (χ0) is 14.0. The van der Waals surface area contributed by atoms with Gasteiger partial charge in [0.15, 0.2) is 0 Å². The molecule has 0 amide bonds. The standard InChI is InChI=1S/C15H18O4/c1-8-4-5-15(18)11(8)6-10-9(2)13(16)19-12(10)7-14(15,3)17/h7,11,17-18H,1,4-6H2,2-3H3/t11-,14+,15-/m0/s1. The van der Waals surface area contributed by atoms with Gasteiger partial charge >= 0.3 is 5.97 Å². The number of carbonyl (C=O) groups excluding carboxylic acids is 1. The number of rotatable bonds is 0. The van der Waals surface area contributed by atoms with Gasteiger partial charge in [0.05, 0.1) is 0 Å². The first-order valence-electron chi connectivity index (χ1n) is 6.54. The molecule has 0 aromatic heterocycles. The van der Waals surface area contributed by atoms with Crippen molar-refractivity contribution in [2.75, 3.05) is 0 Å². The molecule has 0 aromatic rings. The van der Waals surface area contributed by atoms with E-state index < -0.39 is 11.2 Å². The lowest BCUT2D eigenvalue weighted by atomic mass is 9.75. The average Bonchev–Trinajstić information content (AvgIpc) is 2.71. The third-order valence-electron chi connectivity index (χ3n) is 4.85. The monoisotopic (exact) mass is 262 g/mol. The molecule has 1 fully saturated rings. The van der Waals surface area contributed by atoms with Crippen LogP contribution in [-0.4, -0.2) is 27.4 Å². The third kappa shape index (κ3) is 1.50. The fourth-order valence-corrected chi connectivity index (χ4v) is 3.46. The van der Waals surface area contributed by atoms with Crippen LogP contribution in [0.2, 0.25) is 0 Å². The van der Waals surface area contributed by atoms with Gasteiger partial charge < -0.3 is 14.9 Å². The van der Waals surface area contributed by atoms with E-state index in [0.717, 1.165) is 11.1 Å². The number of aliphatic hydroxyl groups is 2. The quantitative estimate of drug-likeness (QED) is 0.514. The van der Waals surface area contributed by atoms with E-state index >= 15 is 0 Å². The maximum Gasteiger partial charge on any atom is 0.339 e. The summed E-state index contributed by atoms with van der Waals surface area (Å²) < 4.78 is 5.19. The highest BCUT2D eigenvalue weighted by molar-refractivity contribution is 5.94. The minimum absolute atomic E-state index is 0.240. The van der Waals surface area contributed by atoms with E-state index in [1.807, 2.05) is 0 Å². The van der Waals surface area contributed by atoms with E-state index in [-0.39, 0.29) is 11.9 Å². The fraction of sp³-hybridized carbons (Fsp3) is 0.533. The highest BCUT2D eigenvalue weighted by atomic mass is 16.5.